The molecule has 8 heteroatoms. The Kier molecular flexibility index (Phi) is 8.38. The summed E-state index contributed by atoms with van der Waals surface area (Å²) in [6, 6.07) is 5.96. The molecule has 0 unspecified atom stereocenters. The lowest BCUT2D eigenvalue weighted by atomic mass is 10.2. The molecule has 27 heavy (non-hydrogen) atoms. The third-order valence-electron chi connectivity index (χ3n) is 4.03. The summed E-state index contributed by atoms with van der Waals surface area (Å²) in [5.41, 5.74) is 1.91. The van der Waals surface area contributed by atoms with Gasteiger partial charge < -0.3 is 19.1 Å². The molecule has 0 spiro atoms. The molecule has 1 heterocycles. The quantitative estimate of drug-likeness (QED) is 0.559. The van der Waals surface area contributed by atoms with Gasteiger partial charge >= 0.3 is 0 Å². The number of aromatic nitrogens is 2. The zero-order chi connectivity index (χ0) is 19.6. The van der Waals surface area contributed by atoms with Gasteiger partial charge in [0.15, 0.2) is 0 Å². The number of halogens is 1. The van der Waals surface area contributed by atoms with E-state index in [4.69, 9.17) is 14.2 Å². The molecule has 0 saturated carbocycles. The number of carbonyl (C=O) groups excluding carboxylic acids is 1. The van der Waals surface area contributed by atoms with Crippen molar-refractivity contribution in [3.8, 4) is 5.69 Å². The lowest BCUT2D eigenvalue weighted by molar-refractivity contribution is 0.0206. The van der Waals surface area contributed by atoms with Gasteiger partial charge in [-0.25, -0.2) is 9.07 Å². The number of methoxy groups -OCH3 is 1. The molecule has 1 aromatic carbocycles. The van der Waals surface area contributed by atoms with Crippen LogP contribution in [0.4, 0.5) is 4.39 Å². The van der Waals surface area contributed by atoms with Crippen molar-refractivity contribution in [3.63, 3.8) is 0 Å². The zero-order valence-corrected chi connectivity index (χ0v) is 16.0. The van der Waals surface area contributed by atoms with Crippen LogP contribution in [0.1, 0.15) is 16.1 Å². The maximum Gasteiger partial charge on any atom is 0.257 e. The first kappa shape index (κ1) is 21.0. The molecule has 1 aromatic heterocycles. The molecule has 1 amide bonds. The Morgan fingerprint density at radius 2 is 1.74 bits per heavy atom. The van der Waals surface area contributed by atoms with Crippen molar-refractivity contribution in [1.29, 1.82) is 0 Å². The Bertz CT molecular complexity index is 718. The van der Waals surface area contributed by atoms with E-state index >= 15 is 0 Å². The summed E-state index contributed by atoms with van der Waals surface area (Å²) < 4.78 is 30.3. The van der Waals surface area contributed by atoms with Crippen LogP contribution in [0.5, 0.6) is 0 Å². The van der Waals surface area contributed by atoms with Crippen LogP contribution in [0.15, 0.2) is 30.5 Å². The predicted octanol–water partition coefficient (Wildman–Crippen LogP) is 2.07. The fourth-order valence-corrected chi connectivity index (χ4v) is 2.44. The molecule has 0 bridgehead atoms. The number of rotatable bonds is 11. The van der Waals surface area contributed by atoms with Gasteiger partial charge in [0, 0.05) is 20.7 Å². The first-order chi connectivity index (χ1) is 13.0. The summed E-state index contributed by atoms with van der Waals surface area (Å²) in [7, 11) is 3.34. The Balaban J connectivity index is 1.82. The molecule has 0 aliphatic carbocycles. The molecule has 0 radical (unpaired) electrons. The lowest BCUT2D eigenvalue weighted by Gasteiger charge is -2.17. The smallest absolute Gasteiger partial charge is 0.257 e. The van der Waals surface area contributed by atoms with Crippen LogP contribution in [0, 0.1) is 12.7 Å². The Morgan fingerprint density at radius 1 is 1.11 bits per heavy atom. The van der Waals surface area contributed by atoms with E-state index in [1.54, 1.807) is 35.9 Å². The van der Waals surface area contributed by atoms with E-state index in [9.17, 15) is 9.18 Å². The fourth-order valence-electron chi connectivity index (χ4n) is 2.44. The molecule has 2 aromatic rings. The van der Waals surface area contributed by atoms with Crippen LogP contribution in [-0.4, -0.2) is 74.3 Å². The molecular weight excluding hydrogens is 353 g/mol. The minimum absolute atomic E-state index is 0.138. The predicted molar refractivity (Wildman–Crippen MR) is 98.7 cm³/mol. The topological polar surface area (TPSA) is 65.8 Å². The Labute approximate surface area is 158 Å². The monoisotopic (exact) mass is 379 g/mol. The molecule has 0 saturated heterocycles. The second-order valence-corrected chi connectivity index (χ2v) is 5.98. The van der Waals surface area contributed by atoms with Crippen molar-refractivity contribution in [2.75, 3.05) is 53.7 Å². The molecule has 0 aliphatic rings. The zero-order valence-electron chi connectivity index (χ0n) is 16.0. The first-order valence-electron chi connectivity index (χ1n) is 8.75. The molecule has 148 valence electrons. The van der Waals surface area contributed by atoms with E-state index in [1.807, 2.05) is 6.92 Å². The van der Waals surface area contributed by atoms with E-state index in [0.29, 0.717) is 56.5 Å². The third kappa shape index (κ3) is 6.13. The van der Waals surface area contributed by atoms with Crippen LogP contribution in [-0.2, 0) is 14.2 Å². The van der Waals surface area contributed by atoms with Crippen LogP contribution >= 0.6 is 0 Å². The normalized spacial score (nSPS) is 11.0. The second kappa shape index (κ2) is 10.8. The van der Waals surface area contributed by atoms with Gasteiger partial charge in [0.2, 0.25) is 0 Å². The number of carbonyl (C=O) groups is 1. The van der Waals surface area contributed by atoms with Crippen LogP contribution < -0.4 is 0 Å². The van der Waals surface area contributed by atoms with Gasteiger partial charge in [-0.1, -0.05) is 0 Å². The number of hydrogen-bond donors (Lipinski definition) is 0. The average molecular weight is 379 g/mol. The summed E-state index contributed by atoms with van der Waals surface area (Å²) in [6.45, 7) is 4.74. The van der Waals surface area contributed by atoms with Crippen molar-refractivity contribution in [1.82, 2.24) is 14.7 Å². The minimum atomic E-state index is -0.316. The van der Waals surface area contributed by atoms with E-state index in [0.717, 1.165) is 0 Å². The number of ether oxygens (including phenoxy) is 3. The number of amides is 1. The minimum Gasteiger partial charge on any atom is -0.382 e. The number of hydrogen-bond acceptors (Lipinski definition) is 5. The van der Waals surface area contributed by atoms with Gasteiger partial charge in [0.05, 0.1) is 56.2 Å². The van der Waals surface area contributed by atoms with Gasteiger partial charge in [-0.3, -0.25) is 4.79 Å². The summed E-state index contributed by atoms with van der Waals surface area (Å²) in [6.07, 6.45) is 1.53. The largest absolute Gasteiger partial charge is 0.382 e. The Hall–Kier alpha value is -2.29. The third-order valence-corrected chi connectivity index (χ3v) is 4.03. The standard InChI is InChI=1S/C19H26FN3O4/c1-15-18(14-21-23(15)17-6-4-16(20)5-7-17)19(24)22(2)8-9-26-12-13-27-11-10-25-3/h4-7,14H,8-13H2,1-3H3. The number of benzene rings is 1. The van der Waals surface area contributed by atoms with E-state index in [1.165, 1.54) is 18.3 Å². The molecule has 0 aliphatic heterocycles. The summed E-state index contributed by atoms with van der Waals surface area (Å²) in [5.74, 6) is -0.454. The van der Waals surface area contributed by atoms with Crippen LogP contribution in [0.2, 0.25) is 0 Å². The van der Waals surface area contributed by atoms with E-state index < -0.39 is 0 Å². The van der Waals surface area contributed by atoms with Crippen LogP contribution in [0.25, 0.3) is 5.69 Å². The van der Waals surface area contributed by atoms with Gasteiger partial charge in [-0.05, 0) is 31.2 Å². The SMILES string of the molecule is COCCOCCOCCN(C)C(=O)c1cnn(-c2ccc(F)cc2)c1C. The highest BCUT2D eigenvalue weighted by molar-refractivity contribution is 5.95. The maximum atomic E-state index is 13.1. The van der Waals surface area contributed by atoms with E-state index in [2.05, 4.69) is 5.10 Å². The maximum absolute atomic E-state index is 13.1. The number of nitrogens with zero attached hydrogens (tertiary/aromatic N) is 3. The number of likely N-dealkylation sites (N-methyl/N-ethyl adjacent to an activating group) is 1. The van der Waals surface area contributed by atoms with Crippen molar-refractivity contribution in [2.45, 2.75) is 6.92 Å². The molecule has 2 rings (SSSR count). The average Bonchev–Trinajstić information content (AvgIpc) is 3.05. The lowest BCUT2D eigenvalue weighted by Crippen LogP contribution is -2.30. The summed E-state index contributed by atoms with van der Waals surface area (Å²) in [5, 5.41) is 4.25. The second-order valence-electron chi connectivity index (χ2n) is 5.98. The first-order valence-corrected chi connectivity index (χ1v) is 8.75. The van der Waals surface area contributed by atoms with Gasteiger partial charge in [0.1, 0.15) is 5.82 Å². The van der Waals surface area contributed by atoms with Crippen molar-refractivity contribution < 1.29 is 23.4 Å². The fraction of sp³-hybridized carbons (Fsp3) is 0.474. The summed E-state index contributed by atoms with van der Waals surface area (Å²) >= 11 is 0. The van der Waals surface area contributed by atoms with Crippen molar-refractivity contribution >= 4 is 5.91 Å². The van der Waals surface area contributed by atoms with E-state index in [-0.39, 0.29) is 11.7 Å². The molecule has 0 atom stereocenters. The molecule has 7 nitrogen and oxygen atoms in total. The highest BCUT2D eigenvalue weighted by atomic mass is 19.1. The van der Waals surface area contributed by atoms with Crippen molar-refractivity contribution in [3.05, 3.63) is 47.5 Å². The molecule has 0 fully saturated rings. The van der Waals surface area contributed by atoms with Crippen LogP contribution in [0.3, 0.4) is 0 Å². The van der Waals surface area contributed by atoms with Gasteiger partial charge in [-0.15, -0.1) is 0 Å². The van der Waals surface area contributed by atoms with Gasteiger partial charge in [0.25, 0.3) is 5.91 Å². The Morgan fingerprint density at radius 3 is 2.41 bits per heavy atom. The molecule has 0 N–H and O–H groups in total. The highest BCUT2D eigenvalue weighted by Crippen LogP contribution is 2.16. The highest BCUT2D eigenvalue weighted by Gasteiger charge is 2.18. The van der Waals surface area contributed by atoms with Crippen molar-refractivity contribution in [2.24, 2.45) is 0 Å². The van der Waals surface area contributed by atoms with Gasteiger partial charge in [-0.2, -0.15) is 5.10 Å². The summed E-state index contributed by atoms with van der Waals surface area (Å²) in [4.78, 5) is 14.2. The molecular formula is C19H26FN3O4.